The first-order valence-electron chi connectivity index (χ1n) is 5.12. The Morgan fingerprint density at radius 2 is 1.44 bits per heavy atom. The third-order valence-electron chi connectivity index (χ3n) is 2.51. The molecule has 0 aromatic heterocycles. The van der Waals surface area contributed by atoms with Crippen LogP contribution in [0.3, 0.4) is 0 Å². The van der Waals surface area contributed by atoms with Gasteiger partial charge in [0.15, 0.2) is 0 Å². The van der Waals surface area contributed by atoms with Crippen LogP contribution in [0.25, 0.3) is 16.7 Å². The van der Waals surface area contributed by atoms with E-state index in [2.05, 4.69) is 36.8 Å². The van der Waals surface area contributed by atoms with Crippen LogP contribution >= 0.6 is 0 Å². The van der Waals surface area contributed by atoms with Gasteiger partial charge in [-0.15, -0.1) is 6.42 Å². The summed E-state index contributed by atoms with van der Waals surface area (Å²) in [7, 11) is 0. The maximum atomic E-state index is 5.30. The molecule has 0 heterocycles. The number of hydrogen-bond donors (Lipinski definition) is 0. The van der Waals surface area contributed by atoms with Crippen molar-refractivity contribution in [1.29, 1.82) is 0 Å². The minimum atomic E-state index is 0.722. The minimum absolute atomic E-state index is 0.722. The first-order chi connectivity index (χ1) is 7.81. The molecule has 0 N–H and O–H groups in total. The SMILES string of the molecule is C#CC(=C)c1ccc(-c2ccccc2)cc1. The molecular weight excluding hydrogens is 192 g/mol. The highest BCUT2D eigenvalue weighted by Crippen LogP contribution is 2.21. The van der Waals surface area contributed by atoms with Gasteiger partial charge in [0, 0.05) is 5.57 Å². The average Bonchev–Trinajstić information content (AvgIpc) is 2.39. The molecule has 76 valence electrons. The van der Waals surface area contributed by atoms with Crippen LogP contribution in [-0.2, 0) is 0 Å². The molecule has 0 unspecified atom stereocenters. The highest BCUT2D eigenvalue weighted by atomic mass is 14.0. The Balaban J connectivity index is 2.34. The normalized spacial score (nSPS) is 9.44. The Morgan fingerprint density at radius 1 is 0.875 bits per heavy atom. The van der Waals surface area contributed by atoms with E-state index in [1.165, 1.54) is 11.1 Å². The highest BCUT2D eigenvalue weighted by molar-refractivity contribution is 5.77. The van der Waals surface area contributed by atoms with Gasteiger partial charge in [-0.05, 0) is 16.7 Å². The summed E-state index contributed by atoms with van der Waals surface area (Å²) in [5.74, 6) is 2.55. The topological polar surface area (TPSA) is 0 Å². The van der Waals surface area contributed by atoms with E-state index >= 15 is 0 Å². The third kappa shape index (κ3) is 2.04. The molecule has 2 aromatic rings. The standard InChI is InChI=1S/C16H12/c1-3-13(2)14-9-11-16(12-10-14)15-7-5-4-6-8-15/h1,4-12H,2H2. The fraction of sp³-hybridized carbons (Fsp3) is 0. The Hall–Kier alpha value is -2.26. The zero-order valence-corrected chi connectivity index (χ0v) is 8.98. The van der Waals surface area contributed by atoms with E-state index in [9.17, 15) is 0 Å². The Labute approximate surface area is 96.3 Å². The van der Waals surface area contributed by atoms with Crippen molar-refractivity contribution in [2.45, 2.75) is 0 Å². The van der Waals surface area contributed by atoms with Crippen molar-refractivity contribution in [3.8, 4) is 23.5 Å². The number of hydrogen-bond acceptors (Lipinski definition) is 0. The molecule has 16 heavy (non-hydrogen) atoms. The van der Waals surface area contributed by atoms with Crippen LogP contribution in [0, 0.1) is 12.3 Å². The summed E-state index contributed by atoms with van der Waals surface area (Å²) in [4.78, 5) is 0. The van der Waals surface area contributed by atoms with E-state index in [4.69, 9.17) is 6.42 Å². The molecule has 0 fully saturated rings. The van der Waals surface area contributed by atoms with Crippen LogP contribution in [0.4, 0.5) is 0 Å². The molecule has 2 rings (SSSR count). The zero-order valence-electron chi connectivity index (χ0n) is 8.98. The fourth-order valence-electron chi connectivity index (χ4n) is 1.58. The van der Waals surface area contributed by atoms with E-state index in [-0.39, 0.29) is 0 Å². The van der Waals surface area contributed by atoms with Crippen molar-refractivity contribution in [2.24, 2.45) is 0 Å². The van der Waals surface area contributed by atoms with E-state index < -0.39 is 0 Å². The van der Waals surface area contributed by atoms with Crippen LogP contribution < -0.4 is 0 Å². The van der Waals surface area contributed by atoms with Crippen molar-refractivity contribution >= 4 is 5.57 Å². The lowest BCUT2D eigenvalue weighted by molar-refractivity contribution is 1.59. The predicted octanol–water partition coefficient (Wildman–Crippen LogP) is 4.00. The molecule has 2 aromatic carbocycles. The van der Waals surface area contributed by atoms with Crippen molar-refractivity contribution < 1.29 is 0 Å². The summed E-state index contributed by atoms with van der Waals surface area (Å²) in [5, 5.41) is 0. The second kappa shape index (κ2) is 4.51. The predicted molar refractivity (Wildman–Crippen MR) is 69.7 cm³/mol. The summed E-state index contributed by atoms with van der Waals surface area (Å²) >= 11 is 0. The largest absolute Gasteiger partial charge is 0.115 e. The van der Waals surface area contributed by atoms with Gasteiger partial charge in [0.2, 0.25) is 0 Å². The summed E-state index contributed by atoms with van der Waals surface area (Å²) in [6.07, 6.45) is 5.30. The van der Waals surface area contributed by atoms with Gasteiger partial charge in [-0.3, -0.25) is 0 Å². The summed E-state index contributed by atoms with van der Waals surface area (Å²) in [6, 6.07) is 18.4. The van der Waals surface area contributed by atoms with E-state index in [0.29, 0.717) is 0 Å². The van der Waals surface area contributed by atoms with Gasteiger partial charge in [-0.1, -0.05) is 67.1 Å². The van der Waals surface area contributed by atoms with Gasteiger partial charge in [-0.2, -0.15) is 0 Å². The quantitative estimate of drug-likeness (QED) is 0.648. The van der Waals surface area contributed by atoms with Gasteiger partial charge >= 0.3 is 0 Å². The molecule has 0 bridgehead atoms. The second-order valence-corrected chi connectivity index (χ2v) is 3.57. The van der Waals surface area contributed by atoms with Crippen LogP contribution in [0.1, 0.15) is 5.56 Å². The Bertz CT molecular complexity index is 525. The molecule has 0 radical (unpaired) electrons. The van der Waals surface area contributed by atoms with Gasteiger partial charge in [0.05, 0.1) is 0 Å². The first kappa shape index (κ1) is 10.3. The number of allylic oxidation sites excluding steroid dienone is 1. The van der Waals surface area contributed by atoms with Crippen LogP contribution in [0.5, 0.6) is 0 Å². The molecule has 0 nitrogen and oxygen atoms in total. The Morgan fingerprint density at radius 3 is 2.00 bits per heavy atom. The Kier molecular flexibility index (Phi) is 2.89. The van der Waals surface area contributed by atoms with Crippen molar-refractivity contribution in [3.63, 3.8) is 0 Å². The van der Waals surface area contributed by atoms with Crippen molar-refractivity contribution in [3.05, 3.63) is 66.7 Å². The van der Waals surface area contributed by atoms with Crippen molar-refractivity contribution in [2.75, 3.05) is 0 Å². The zero-order chi connectivity index (χ0) is 11.4. The lowest BCUT2D eigenvalue weighted by Crippen LogP contribution is -1.81. The molecule has 0 aliphatic carbocycles. The van der Waals surface area contributed by atoms with Crippen LogP contribution in [0.2, 0.25) is 0 Å². The van der Waals surface area contributed by atoms with Gasteiger partial charge in [0.25, 0.3) is 0 Å². The van der Waals surface area contributed by atoms with E-state index in [0.717, 1.165) is 11.1 Å². The minimum Gasteiger partial charge on any atom is -0.115 e. The molecular formula is C16H12. The summed E-state index contributed by atoms with van der Waals surface area (Å²) in [5.41, 5.74) is 4.12. The first-order valence-corrected chi connectivity index (χ1v) is 5.12. The summed E-state index contributed by atoms with van der Waals surface area (Å²) in [6.45, 7) is 3.81. The monoisotopic (exact) mass is 204 g/mol. The number of rotatable bonds is 2. The molecule has 0 saturated heterocycles. The molecule has 0 amide bonds. The maximum absolute atomic E-state index is 5.30. The molecule has 0 spiro atoms. The molecule has 0 atom stereocenters. The number of terminal acetylenes is 1. The second-order valence-electron chi connectivity index (χ2n) is 3.57. The molecule has 0 aliphatic heterocycles. The van der Waals surface area contributed by atoms with Gasteiger partial charge in [0.1, 0.15) is 0 Å². The van der Waals surface area contributed by atoms with E-state index in [1.807, 2.05) is 30.3 Å². The smallest absolute Gasteiger partial charge is 0.0243 e. The summed E-state index contributed by atoms with van der Waals surface area (Å²) < 4.78 is 0. The molecule has 0 heteroatoms. The van der Waals surface area contributed by atoms with Crippen LogP contribution in [-0.4, -0.2) is 0 Å². The lowest BCUT2D eigenvalue weighted by atomic mass is 10.0. The van der Waals surface area contributed by atoms with Crippen molar-refractivity contribution in [1.82, 2.24) is 0 Å². The average molecular weight is 204 g/mol. The number of benzene rings is 2. The molecule has 0 aliphatic rings. The highest BCUT2D eigenvalue weighted by Gasteiger charge is 1.98. The van der Waals surface area contributed by atoms with E-state index in [1.54, 1.807) is 0 Å². The van der Waals surface area contributed by atoms with Gasteiger partial charge in [-0.25, -0.2) is 0 Å². The third-order valence-corrected chi connectivity index (χ3v) is 2.51. The lowest BCUT2D eigenvalue weighted by Gasteiger charge is -2.03. The van der Waals surface area contributed by atoms with Gasteiger partial charge < -0.3 is 0 Å². The fourth-order valence-corrected chi connectivity index (χ4v) is 1.58. The van der Waals surface area contributed by atoms with Crippen LogP contribution in [0.15, 0.2) is 61.2 Å². The maximum Gasteiger partial charge on any atom is 0.0243 e. The molecule has 0 saturated carbocycles.